The van der Waals surface area contributed by atoms with Crippen LogP contribution in [0.3, 0.4) is 0 Å². The van der Waals surface area contributed by atoms with Crippen LogP contribution in [0.4, 0.5) is 0 Å². The summed E-state index contributed by atoms with van der Waals surface area (Å²) in [5.41, 5.74) is 0.105. The van der Waals surface area contributed by atoms with Crippen LogP contribution in [0.5, 0.6) is 0 Å². The van der Waals surface area contributed by atoms with Crippen molar-refractivity contribution in [1.29, 1.82) is 0 Å². The molecule has 0 spiro atoms. The fraction of sp³-hybridized carbons (Fsp3) is 0.250. The van der Waals surface area contributed by atoms with Crippen molar-refractivity contribution in [2.24, 2.45) is 0 Å². The van der Waals surface area contributed by atoms with Gasteiger partial charge in [-0.3, -0.25) is 9.59 Å². The third-order valence-corrected chi connectivity index (χ3v) is 4.59. The van der Waals surface area contributed by atoms with Crippen LogP contribution in [0.1, 0.15) is 5.56 Å². The van der Waals surface area contributed by atoms with Crippen LogP contribution < -0.4 is 16.0 Å². The molecule has 1 aliphatic carbocycles. The molecular formula is C12H13O2Si. The minimum absolute atomic E-state index is 0.259. The molecule has 1 saturated carbocycles. The predicted molar refractivity (Wildman–Crippen MR) is 63.9 cm³/mol. The molecule has 1 aliphatic rings. The molecule has 2 rings (SSSR count). The zero-order valence-corrected chi connectivity index (χ0v) is 10.1. The monoisotopic (exact) mass is 217 g/mol. The molecular weight excluding hydrogens is 204 g/mol. The highest BCUT2D eigenvalue weighted by molar-refractivity contribution is 6.89. The van der Waals surface area contributed by atoms with Crippen LogP contribution in [0.2, 0.25) is 19.6 Å². The van der Waals surface area contributed by atoms with E-state index in [0.717, 1.165) is 11.1 Å². The molecule has 0 bridgehead atoms. The van der Waals surface area contributed by atoms with Gasteiger partial charge in [0.15, 0.2) is 0 Å². The molecule has 0 aromatic heterocycles. The molecule has 0 atom stereocenters. The summed E-state index contributed by atoms with van der Waals surface area (Å²) < 4.78 is 0. The van der Waals surface area contributed by atoms with Crippen molar-refractivity contribution < 1.29 is 0 Å². The van der Waals surface area contributed by atoms with E-state index in [0.29, 0.717) is 5.56 Å². The van der Waals surface area contributed by atoms with Gasteiger partial charge >= 0.3 is 0 Å². The Morgan fingerprint density at radius 1 is 0.933 bits per heavy atom. The second-order valence-electron chi connectivity index (χ2n) is 4.83. The fourth-order valence-electron chi connectivity index (χ4n) is 1.92. The third kappa shape index (κ3) is 1.63. The van der Waals surface area contributed by atoms with E-state index in [1.165, 1.54) is 0 Å². The Labute approximate surface area is 91.0 Å². The molecule has 1 aromatic rings. The summed E-state index contributed by atoms with van der Waals surface area (Å²) in [5, 5.41) is 0.804. The lowest BCUT2D eigenvalue weighted by atomic mass is 9.94. The smallest absolute Gasteiger partial charge is 0.229 e. The van der Waals surface area contributed by atoms with Gasteiger partial charge in [0.2, 0.25) is 10.9 Å². The maximum absolute atomic E-state index is 11.5. The lowest BCUT2D eigenvalue weighted by Gasteiger charge is -2.24. The zero-order valence-electron chi connectivity index (χ0n) is 9.13. The Morgan fingerprint density at radius 3 is 1.93 bits per heavy atom. The minimum Gasteiger partial charge on any atom is -0.286 e. The van der Waals surface area contributed by atoms with Crippen molar-refractivity contribution in [3.63, 3.8) is 0 Å². The van der Waals surface area contributed by atoms with E-state index in [1.54, 1.807) is 0 Å². The maximum Gasteiger partial charge on any atom is 0.229 e. The number of rotatable bonds is 2. The molecule has 0 aliphatic heterocycles. The van der Waals surface area contributed by atoms with Crippen molar-refractivity contribution in [2.75, 3.05) is 0 Å². The molecule has 0 N–H and O–H groups in total. The van der Waals surface area contributed by atoms with Crippen molar-refractivity contribution in [3.05, 3.63) is 57.6 Å². The highest BCUT2D eigenvalue weighted by Gasteiger charge is 2.36. The molecule has 2 nitrogen and oxygen atoms in total. The van der Waals surface area contributed by atoms with Gasteiger partial charge in [-0.15, -0.1) is 0 Å². The quantitative estimate of drug-likeness (QED) is 0.536. The van der Waals surface area contributed by atoms with E-state index in [4.69, 9.17) is 0 Å². The van der Waals surface area contributed by atoms with Crippen LogP contribution in [0.15, 0.2) is 9.59 Å². The summed E-state index contributed by atoms with van der Waals surface area (Å²) in [6.07, 6.45) is 7.56. The summed E-state index contributed by atoms with van der Waals surface area (Å²) in [7, 11) is -1.69. The summed E-state index contributed by atoms with van der Waals surface area (Å²) in [5.74, 6) is 0.900. The lowest BCUT2D eigenvalue weighted by molar-refractivity contribution is 1.21. The summed E-state index contributed by atoms with van der Waals surface area (Å²) in [6, 6.07) is 0. The van der Waals surface area contributed by atoms with Gasteiger partial charge in [-0.25, -0.2) is 0 Å². The second-order valence-corrected chi connectivity index (χ2v) is 9.83. The Bertz CT molecular complexity index is 441. The molecule has 15 heavy (non-hydrogen) atoms. The third-order valence-electron chi connectivity index (χ3n) is 2.61. The van der Waals surface area contributed by atoms with Gasteiger partial charge in [0.1, 0.15) is 0 Å². The molecule has 5 radical (unpaired) electrons. The first-order valence-electron chi connectivity index (χ1n) is 4.99. The lowest BCUT2D eigenvalue weighted by Crippen LogP contribution is -2.63. The molecule has 0 unspecified atom stereocenters. The largest absolute Gasteiger partial charge is 0.286 e. The van der Waals surface area contributed by atoms with Crippen LogP contribution in [0.25, 0.3) is 0 Å². The zero-order chi connectivity index (χ0) is 11.2. The predicted octanol–water partition coefficient (Wildman–Crippen LogP) is 0.581. The number of hydrogen-bond donors (Lipinski definition) is 0. The summed E-state index contributed by atoms with van der Waals surface area (Å²) >= 11 is 0. The van der Waals surface area contributed by atoms with Gasteiger partial charge in [0.05, 0.1) is 8.07 Å². The normalized spacial score (nSPS) is 18.9. The van der Waals surface area contributed by atoms with E-state index in [1.807, 2.05) is 25.7 Å². The van der Waals surface area contributed by atoms with Crippen molar-refractivity contribution >= 4 is 13.3 Å². The van der Waals surface area contributed by atoms with E-state index >= 15 is 0 Å². The first-order chi connectivity index (χ1) is 6.93. The van der Waals surface area contributed by atoms with Gasteiger partial charge in [0.25, 0.3) is 0 Å². The van der Waals surface area contributed by atoms with Crippen LogP contribution in [-0.4, -0.2) is 8.07 Å². The van der Waals surface area contributed by atoms with Crippen molar-refractivity contribution in [1.82, 2.24) is 0 Å². The highest BCUT2D eigenvalue weighted by atomic mass is 28.3. The Kier molecular flexibility index (Phi) is 2.45. The van der Waals surface area contributed by atoms with Gasteiger partial charge in [-0.2, -0.15) is 0 Å². The Balaban J connectivity index is 2.44. The van der Waals surface area contributed by atoms with Crippen LogP contribution >= 0.6 is 0 Å². The summed E-state index contributed by atoms with van der Waals surface area (Å²) in [6.45, 7) is 6.28. The van der Waals surface area contributed by atoms with E-state index < -0.39 is 8.07 Å². The van der Waals surface area contributed by atoms with Crippen LogP contribution in [-0.2, 0) is 0 Å². The van der Waals surface area contributed by atoms with Gasteiger partial charge in [-0.05, 0) is 30.9 Å². The molecule has 0 heterocycles. The van der Waals surface area contributed by atoms with E-state index in [9.17, 15) is 9.59 Å². The Hall–Kier alpha value is -0.703. The molecule has 0 saturated heterocycles. The molecule has 3 heteroatoms. The summed E-state index contributed by atoms with van der Waals surface area (Å²) in [4.78, 5) is 23.1. The molecule has 77 valence electrons. The first-order valence-corrected chi connectivity index (χ1v) is 8.49. The van der Waals surface area contributed by atoms with Crippen molar-refractivity contribution in [2.45, 2.75) is 19.6 Å². The second kappa shape index (κ2) is 3.41. The minimum atomic E-state index is -1.69. The fourth-order valence-corrected chi connectivity index (χ4v) is 3.73. The van der Waals surface area contributed by atoms with E-state index in [2.05, 4.69) is 19.6 Å². The number of hydrogen-bond acceptors (Lipinski definition) is 2. The molecule has 1 aromatic carbocycles. The maximum atomic E-state index is 11.5. The SMILES string of the molecule is C[Si](C)(C)c1c([C]2[CH][CH][CH][CH]2)c(=O)c1=O. The molecule has 0 amide bonds. The average Bonchev–Trinajstić information content (AvgIpc) is 2.62. The Morgan fingerprint density at radius 2 is 1.47 bits per heavy atom. The van der Waals surface area contributed by atoms with Crippen LogP contribution in [0, 0.1) is 31.6 Å². The van der Waals surface area contributed by atoms with E-state index in [-0.39, 0.29) is 10.9 Å². The van der Waals surface area contributed by atoms with Gasteiger partial charge in [-0.1, -0.05) is 19.6 Å². The topological polar surface area (TPSA) is 34.1 Å². The highest BCUT2D eigenvalue weighted by Crippen LogP contribution is 2.28. The molecule has 1 fully saturated rings. The average molecular weight is 217 g/mol. The standard InChI is InChI=1S/C12H13O2Si/c1-15(2,3)12-9(10(13)11(12)14)8-6-4-5-7-8/h4-7H,1-3H3. The van der Waals surface area contributed by atoms with Gasteiger partial charge < -0.3 is 0 Å². The van der Waals surface area contributed by atoms with Crippen molar-refractivity contribution in [3.8, 4) is 0 Å². The first kappa shape index (κ1) is 10.8. The van der Waals surface area contributed by atoms with Gasteiger partial charge in [0, 0.05) is 11.5 Å².